The summed E-state index contributed by atoms with van der Waals surface area (Å²) in [6.07, 6.45) is 6.86. The van der Waals surface area contributed by atoms with Crippen molar-refractivity contribution in [2.45, 2.75) is 152 Å². The zero-order chi connectivity index (χ0) is 39.4. The standard InChI is InChI=1S/C45H65N3O6/c1-26(2)37-30(49)22-45(33(50)25-48-29-13-11-10-12-28(29)47-35(48)24-46)21-20-43(8)27(38(37)45)14-15-32-42(7)18-17-34(54-36(51)23-40(3,4)39(52)53)41(5,6)31(42)16-19-44(32,43)9/h10-13,26-27,31-34,50H,14-25,46H2,1-9H3,(H,52,53). The molecule has 9 atom stereocenters. The Morgan fingerprint density at radius 2 is 1.69 bits per heavy atom. The van der Waals surface area contributed by atoms with Crippen molar-refractivity contribution < 1.29 is 29.3 Å². The number of carboxylic acid groups (broad SMARTS) is 1. The first kappa shape index (κ1) is 39.2. The van der Waals surface area contributed by atoms with Crippen LogP contribution in [0.4, 0.5) is 0 Å². The number of esters is 1. The van der Waals surface area contributed by atoms with E-state index in [4.69, 9.17) is 15.5 Å². The van der Waals surface area contributed by atoms with Gasteiger partial charge in [-0.05, 0) is 123 Å². The lowest BCUT2D eigenvalue weighted by Gasteiger charge is -2.72. The van der Waals surface area contributed by atoms with E-state index in [1.807, 2.05) is 24.3 Å². The van der Waals surface area contributed by atoms with Crippen LogP contribution in [0.3, 0.4) is 0 Å². The molecule has 0 saturated heterocycles. The van der Waals surface area contributed by atoms with Crippen LogP contribution in [0.2, 0.25) is 0 Å². The summed E-state index contributed by atoms with van der Waals surface area (Å²) in [5.74, 6) is 0.653. The third-order valence-electron chi connectivity index (χ3n) is 16.8. The Morgan fingerprint density at radius 1 is 0.981 bits per heavy atom. The van der Waals surface area contributed by atoms with Crippen molar-refractivity contribution in [3.05, 3.63) is 41.2 Å². The number of fused-ring (bicyclic) bond motifs is 8. The summed E-state index contributed by atoms with van der Waals surface area (Å²) in [6, 6.07) is 8.00. The molecule has 1 aromatic carbocycles. The van der Waals surface area contributed by atoms with E-state index >= 15 is 0 Å². The van der Waals surface area contributed by atoms with Gasteiger partial charge < -0.3 is 25.3 Å². The number of aliphatic carboxylic acids is 1. The summed E-state index contributed by atoms with van der Waals surface area (Å²) in [4.78, 5) is 43.9. The highest BCUT2D eigenvalue weighted by atomic mass is 16.5. The van der Waals surface area contributed by atoms with Crippen LogP contribution in [0.5, 0.6) is 0 Å². The van der Waals surface area contributed by atoms with E-state index < -0.39 is 28.9 Å². The van der Waals surface area contributed by atoms with Crippen molar-refractivity contribution >= 4 is 28.8 Å². The highest BCUT2D eigenvalue weighted by Gasteiger charge is 2.71. The first-order valence-electron chi connectivity index (χ1n) is 20.7. The van der Waals surface area contributed by atoms with Gasteiger partial charge in [0.1, 0.15) is 11.9 Å². The second-order valence-electron chi connectivity index (χ2n) is 20.4. The van der Waals surface area contributed by atoms with E-state index in [1.54, 1.807) is 13.8 Å². The molecule has 5 aliphatic carbocycles. The molecule has 2 aromatic rings. The molecule has 0 aliphatic heterocycles. The van der Waals surface area contributed by atoms with Crippen molar-refractivity contribution in [2.75, 3.05) is 0 Å². The number of aliphatic hydroxyl groups excluding tert-OH is 1. The number of benzene rings is 1. The third kappa shape index (κ3) is 5.51. The molecule has 0 spiro atoms. The van der Waals surface area contributed by atoms with Crippen LogP contribution in [-0.4, -0.2) is 49.7 Å². The van der Waals surface area contributed by atoms with Crippen LogP contribution in [0, 0.1) is 56.2 Å². The Kier molecular flexibility index (Phi) is 9.44. The Balaban J connectivity index is 1.20. The smallest absolute Gasteiger partial charge is 0.309 e. The minimum atomic E-state index is -1.17. The van der Waals surface area contributed by atoms with Gasteiger partial charge in [0.25, 0.3) is 0 Å². The zero-order valence-electron chi connectivity index (χ0n) is 34.3. The number of allylic oxidation sites excluding steroid dienone is 1. The lowest BCUT2D eigenvalue weighted by molar-refractivity contribution is -0.235. The number of ether oxygens (including phenoxy) is 1. The number of carbonyl (C=O) groups excluding carboxylic acids is 2. The van der Waals surface area contributed by atoms with E-state index in [-0.39, 0.29) is 58.3 Å². The number of imidazole rings is 1. The number of aliphatic hydroxyl groups is 1. The maximum absolute atomic E-state index is 14.2. The number of Topliss-reactive ketones (excluding diaryl/α,β-unsaturated/α-hetero) is 1. The maximum atomic E-state index is 14.2. The highest BCUT2D eigenvalue weighted by Crippen LogP contribution is 2.77. The van der Waals surface area contributed by atoms with Gasteiger partial charge in [0.2, 0.25) is 0 Å². The summed E-state index contributed by atoms with van der Waals surface area (Å²) < 4.78 is 8.26. The summed E-state index contributed by atoms with van der Waals surface area (Å²) in [6.45, 7) is 20.2. The number of nitrogens with zero attached hydrogens (tertiary/aromatic N) is 2. The number of aromatic nitrogens is 2. The molecular formula is C45H65N3O6. The number of hydrogen-bond donors (Lipinski definition) is 3. The normalized spacial score (nSPS) is 36.7. The predicted octanol–water partition coefficient (Wildman–Crippen LogP) is 8.25. The molecule has 5 aliphatic rings. The molecule has 1 heterocycles. The lowest BCUT2D eigenvalue weighted by Crippen LogP contribution is -2.66. The number of ketones is 1. The van der Waals surface area contributed by atoms with E-state index in [9.17, 15) is 24.6 Å². The number of carboxylic acids is 1. The fraction of sp³-hybridized carbons (Fsp3) is 0.733. The quantitative estimate of drug-likeness (QED) is 0.218. The van der Waals surface area contributed by atoms with Crippen LogP contribution in [-0.2, 0) is 32.2 Å². The van der Waals surface area contributed by atoms with E-state index in [1.165, 1.54) is 5.57 Å². The second-order valence-corrected chi connectivity index (χ2v) is 20.4. The van der Waals surface area contributed by atoms with Crippen molar-refractivity contribution in [1.29, 1.82) is 0 Å². The van der Waals surface area contributed by atoms with Crippen LogP contribution in [0.1, 0.15) is 132 Å². The fourth-order valence-electron chi connectivity index (χ4n) is 13.7. The third-order valence-corrected chi connectivity index (χ3v) is 16.8. The molecule has 0 radical (unpaired) electrons. The zero-order valence-corrected chi connectivity index (χ0v) is 34.3. The van der Waals surface area contributed by atoms with E-state index in [0.717, 1.165) is 73.8 Å². The Morgan fingerprint density at radius 3 is 2.35 bits per heavy atom. The van der Waals surface area contributed by atoms with E-state index in [2.05, 4.69) is 53.0 Å². The summed E-state index contributed by atoms with van der Waals surface area (Å²) in [5.41, 5.74) is 8.24. The molecule has 9 heteroatoms. The predicted molar refractivity (Wildman–Crippen MR) is 209 cm³/mol. The Labute approximate surface area is 321 Å². The molecule has 296 valence electrons. The first-order valence-corrected chi connectivity index (χ1v) is 20.7. The van der Waals surface area contributed by atoms with Gasteiger partial charge in [0.15, 0.2) is 5.78 Å². The van der Waals surface area contributed by atoms with Gasteiger partial charge in [0, 0.05) is 17.3 Å². The number of rotatable bonds is 9. The van der Waals surface area contributed by atoms with Gasteiger partial charge in [-0.3, -0.25) is 14.4 Å². The SMILES string of the molecule is CC(C)C1=C2C3CCC4C5(C)CCC(OC(=O)CC(C)(C)C(=O)O)C(C)(C)C5CCC4(C)C3(C)CCC2(C(O)Cn2c(CN)nc3ccccc32)CC1=O. The first-order chi connectivity index (χ1) is 25.2. The van der Waals surface area contributed by atoms with Crippen molar-refractivity contribution in [3.63, 3.8) is 0 Å². The summed E-state index contributed by atoms with van der Waals surface area (Å²) >= 11 is 0. The maximum Gasteiger partial charge on any atom is 0.309 e. The average Bonchev–Trinajstić information content (AvgIpc) is 3.60. The monoisotopic (exact) mass is 743 g/mol. The second kappa shape index (κ2) is 13.0. The Hall–Kier alpha value is -3.04. The number of para-hydroxylation sites is 2. The molecule has 7 rings (SSSR count). The number of hydrogen-bond acceptors (Lipinski definition) is 7. The number of carbonyl (C=O) groups is 3. The molecule has 9 unspecified atom stereocenters. The van der Waals surface area contributed by atoms with E-state index in [0.29, 0.717) is 24.8 Å². The molecule has 0 bridgehead atoms. The molecule has 4 N–H and O–H groups in total. The van der Waals surface area contributed by atoms with Gasteiger partial charge in [-0.2, -0.15) is 0 Å². The van der Waals surface area contributed by atoms with Crippen LogP contribution < -0.4 is 5.73 Å². The van der Waals surface area contributed by atoms with Crippen LogP contribution in [0.25, 0.3) is 11.0 Å². The van der Waals surface area contributed by atoms with Crippen molar-refractivity contribution in [2.24, 2.45) is 61.9 Å². The fourth-order valence-corrected chi connectivity index (χ4v) is 13.7. The van der Waals surface area contributed by atoms with Gasteiger partial charge in [0.05, 0.1) is 42.1 Å². The van der Waals surface area contributed by atoms with Crippen molar-refractivity contribution in [3.8, 4) is 0 Å². The molecule has 4 fully saturated rings. The molecule has 54 heavy (non-hydrogen) atoms. The number of nitrogens with two attached hydrogens (primary N) is 1. The highest BCUT2D eigenvalue weighted by molar-refractivity contribution is 6.00. The molecule has 9 nitrogen and oxygen atoms in total. The topological polar surface area (TPSA) is 145 Å². The largest absolute Gasteiger partial charge is 0.481 e. The van der Waals surface area contributed by atoms with Gasteiger partial charge in [-0.15, -0.1) is 0 Å². The molecule has 4 saturated carbocycles. The summed E-state index contributed by atoms with van der Waals surface area (Å²) in [5, 5.41) is 22.2. The molecule has 0 amide bonds. The van der Waals surface area contributed by atoms with Gasteiger partial charge in [-0.1, -0.05) is 66.2 Å². The molecule has 1 aromatic heterocycles. The van der Waals surface area contributed by atoms with Crippen molar-refractivity contribution in [1.82, 2.24) is 9.55 Å². The lowest BCUT2D eigenvalue weighted by atomic mass is 9.33. The van der Waals surface area contributed by atoms with Crippen LogP contribution >= 0.6 is 0 Å². The van der Waals surface area contributed by atoms with Gasteiger partial charge in [-0.25, -0.2) is 4.98 Å². The van der Waals surface area contributed by atoms with Gasteiger partial charge >= 0.3 is 11.9 Å². The minimum Gasteiger partial charge on any atom is -0.481 e. The minimum absolute atomic E-state index is 0.0252. The average molecular weight is 744 g/mol. The van der Waals surface area contributed by atoms with Crippen LogP contribution in [0.15, 0.2) is 35.4 Å². The Bertz CT molecular complexity index is 1890. The summed E-state index contributed by atoms with van der Waals surface area (Å²) in [7, 11) is 0. The molecular weight excluding hydrogens is 679 g/mol.